The smallest absolute Gasteiger partial charge is 0.332 e. The van der Waals surface area contributed by atoms with Crippen LogP contribution in [0.5, 0.6) is 0 Å². The van der Waals surface area contributed by atoms with Crippen LogP contribution in [0.3, 0.4) is 0 Å². The molecule has 2 atom stereocenters. The molecule has 1 rings (SSSR count). The molecule has 0 aromatic rings. The van der Waals surface area contributed by atoms with Crippen LogP contribution in [-0.2, 0) is 14.3 Å². The van der Waals surface area contributed by atoms with Gasteiger partial charge in [-0.15, -0.1) is 0 Å². The maximum Gasteiger partial charge on any atom is 0.332 e. The van der Waals surface area contributed by atoms with Gasteiger partial charge in [-0.2, -0.15) is 0 Å². The van der Waals surface area contributed by atoms with Crippen molar-refractivity contribution < 1.29 is 19.4 Å². The molecule has 1 aliphatic rings. The van der Waals surface area contributed by atoms with Gasteiger partial charge >= 0.3 is 5.97 Å². The fourth-order valence-corrected chi connectivity index (χ4v) is 2.23. The zero-order valence-corrected chi connectivity index (χ0v) is 11.4. The van der Waals surface area contributed by atoms with E-state index in [1.165, 1.54) is 19.3 Å². The highest BCUT2D eigenvalue weighted by Gasteiger charge is 2.24. The van der Waals surface area contributed by atoms with Gasteiger partial charge in [0.15, 0.2) is 6.10 Å². The number of carboxylic acid groups (broad SMARTS) is 1. The van der Waals surface area contributed by atoms with E-state index in [0.29, 0.717) is 13.0 Å². The zero-order chi connectivity index (χ0) is 13.2. The molecule has 0 saturated carbocycles. The van der Waals surface area contributed by atoms with Gasteiger partial charge in [-0.3, -0.25) is 0 Å². The predicted molar refractivity (Wildman–Crippen MR) is 69.7 cm³/mol. The average molecular weight is 258 g/mol. The summed E-state index contributed by atoms with van der Waals surface area (Å²) >= 11 is 0. The normalized spacial score (nSPS) is 21.7. The minimum atomic E-state index is -0.837. The summed E-state index contributed by atoms with van der Waals surface area (Å²) in [6, 6.07) is 0. The summed E-state index contributed by atoms with van der Waals surface area (Å²) in [5, 5.41) is 9.14. The molecule has 1 N–H and O–H groups in total. The van der Waals surface area contributed by atoms with E-state index in [0.717, 1.165) is 32.3 Å². The van der Waals surface area contributed by atoms with Crippen LogP contribution in [0.4, 0.5) is 0 Å². The second kappa shape index (κ2) is 9.34. The quantitative estimate of drug-likeness (QED) is 0.646. The number of rotatable bonds is 9. The van der Waals surface area contributed by atoms with Gasteiger partial charge in [0, 0.05) is 6.61 Å². The molecule has 1 saturated heterocycles. The number of hydrogen-bond acceptors (Lipinski definition) is 3. The summed E-state index contributed by atoms with van der Waals surface area (Å²) in [4.78, 5) is 11.1. The molecule has 4 nitrogen and oxygen atoms in total. The molecule has 0 aromatic carbocycles. The van der Waals surface area contributed by atoms with E-state index in [4.69, 9.17) is 14.6 Å². The number of carbonyl (C=O) groups is 1. The molecule has 0 spiro atoms. The predicted octanol–water partition coefficient (Wildman–Crippen LogP) is 3.00. The third-order valence-electron chi connectivity index (χ3n) is 3.32. The lowest BCUT2D eigenvalue weighted by atomic mass is 10.1. The van der Waals surface area contributed by atoms with Gasteiger partial charge in [0.25, 0.3) is 0 Å². The molecule has 106 valence electrons. The molecule has 1 heterocycles. The molecule has 0 aliphatic carbocycles. The Morgan fingerprint density at radius 2 is 2.17 bits per heavy atom. The first kappa shape index (κ1) is 15.4. The van der Waals surface area contributed by atoms with Crippen molar-refractivity contribution in [3.8, 4) is 0 Å². The minimum absolute atomic E-state index is 0.0320. The lowest BCUT2D eigenvalue weighted by Crippen LogP contribution is -2.34. The summed E-state index contributed by atoms with van der Waals surface area (Å²) in [5.74, 6) is -0.837. The van der Waals surface area contributed by atoms with Crippen LogP contribution in [-0.4, -0.2) is 36.5 Å². The molecule has 18 heavy (non-hydrogen) atoms. The van der Waals surface area contributed by atoms with E-state index in [1.807, 2.05) is 0 Å². The zero-order valence-electron chi connectivity index (χ0n) is 11.4. The van der Waals surface area contributed by atoms with Crippen molar-refractivity contribution in [1.29, 1.82) is 0 Å². The Kier molecular flexibility index (Phi) is 8.01. The van der Waals surface area contributed by atoms with Crippen molar-refractivity contribution in [2.45, 2.75) is 70.5 Å². The van der Waals surface area contributed by atoms with Crippen molar-refractivity contribution >= 4 is 5.97 Å². The Balaban J connectivity index is 2.19. The van der Waals surface area contributed by atoms with E-state index in [9.17, 15) is 4.79 Å². The second-order valence-corrected chi connectivity index (χ2v) is 5.01. The topological polar surface area (TPSA) is 55.8 Å². The SMILES string of the molecule is CCCCCCCC(OC1CCCOC1)C(=O)O. The van der Waals surface area contributed by atoms with Crippen molar-refractivity contribution in [2.75, 3.05) is 13.2 Å². The Bertz CT molecular complexity index is 224. The molecule has 0 radical (unpaired) electrons. The lowest BCUT2D eigenvalue weighted by molar-refractivity contribution is -0.160. The van der Waals surface area contributed by atoms with Gasteiger partial charge in [-0.1, -0.05) is 39.0 Å². The molecule has 0 bridgehead atoms. The van der Waals surface area contributed by atoms with E-state index in [1.54, 1.807) is 0 Å². The van der Waals surface area contributed by atoms with Crippen molar-refractivity contribution in [2.24, 2.45) is 0 Å². The standard InChI is InChI=1S/C14H26O4/c1-2-3-4-5-6-9-13(14(15)16)18-12-8-7-10-17-11-12/h12-13H,2-11H2,1H3,(H,15,16). The lowest BCUT2D eigenvalue weighted by Gasteiger charge is -2.25. The monoisotopic (exact) mass is 258 g/mol. The molecular weight excluding hydrogens is 232 g/mol. The Morgan fingerprint density at radius 3 is 2.78 bits per heavy atom. The highest BCUT2D eigenvalue weighted by atomic mass is 16.6. The van der Waals surface area contributed by atoms with Crippen LogP contribution in [0.15, 0.2) is 0 Å². The van der Waals surface area contributed by atoms with Crippen LogP contribution in [0.2, 0.25) is 0 Å². The first-order valence-electron chi connectivity index (χ1n) is 7.20. The van der Waals surface area contributed by atoms with Crippen LogP contribution in [0, 0.1) is 0 Å². The van der Waals surface area contributed by atoms with Crippen LogP contribution in [0.25, 0.3) is 0 Å². The van der Waals surface area contributed by atoms with Crippen LogP contribution >= 0.6 is 0 Å². The van der Waals surface area contributed by atoms with Gasteiger partial charge in [-0.25, -0.2) is 4.79 Å². The number of ether oxygens (including phenoxy) is 2. The molecule has 2 unspecified atom stereocenters. The third kappa shape index (κ3) is 6.36. The summed E-state index contributed by atoms with van der Waals surface area (Å²) in [5.41, 5.74) is 0. The maximum absolute atomic E-state index is 11.1. The molecule has 4 heteroatoms. The van der Waals surface area contributed by atoms with E-state index >= 15 is 0 Å². The van der Waals surface area contributed by atoms with Crippen molar-refractivity contribution in [3.05, 3.63) is 0 Å². The van der Waals surface area contributed by atoms with Gasteiger partial charge in [-0.05, 0) is 19.3 Å². The minimum Gasteiger partial charge on any atom is -0.479 e. The van der Waals surface area contributed by atoms with Gasteiger partial charge in [0.2, 0.25) is 0 Å². The number of carboxylic acids is 1. The molecule has 0 aromatic heterocycles. The highest BCUT2D eigenvalue weighted by Crippen LogP contribution is 2.16. The average Bonchev–Trinajstić information content (AvgIpc) is 2.38. The Labute approximate surface area is 110 Å². The fourth-order valence-electron chi connectivity index (χ4n) is 2.23. The fraction of sp³-hybridized carbons (Fsp3) is 0.929. The summed E-state index contributed by atoms with van der Waals surface area (Å²) in [6.07, 6.45) is 7.48. The third-order valence-corrected chi connectivity index (χ3v) is 3.32. The Morgan fingerprint density at radius 1 is 1.39 bits per heavy atom. The summed E-state index contributed by atoms with van der Waals surface area (Å²) in [6.45, 7) is 3.49. The van der Waals surface area contributed by atoms with Crippen molar-refractivity contribution in [3.63, 3.8) is 0 Å². The van der Waals surface area contributed by atoms with Crippen LogP contribution < -0.4 is 0 Å². The van der Waals surface area contributed by atoms with E-state index < -0.39 is 12.1 Å². The molecule has 1 aliphatic heterocycles. The largest absolute Gasteiger partial charge is 0.479 e. The number of unbranched alkanes of at least 4 members (excludes halogenated alkanes) is 4. The van der Waals surface area contributed by atoms with E-state index in [-0.39, 0.29) is 6.10 Å². The molecule has 1 fully saturated rings. The Hall–Kier alpha value is -0.610. The maximum atomic E-state index is 11.1. The van der Waals surface area contributed by atoms with Gasteiger partial charge in [0.1, 0.15) is 0 Å². The van der Waals surface area contributed by atoms with Crippen molar-refractivity contribution in [1.82, 2.24) is 0 Å². The molecule has 0 amide bonds. The van der Waals surface area contributed by atoms with Gasteiger partial charge in [0.05, 0.1) is 12.7 Å². The highest BCUT2D eigenvalue weighted by molar-refractivity contribution is 5.72. The molecular formula is C14H26O4. The number of hydrogen-bond donors (Lipinski definition) is 1. The first-order valence-corrected chi connectivity index (χ1v) is 7.20. The van der Waals surface area contributed by atoms with Crippen LogP contribution in [0.1, 0.15) is 58.3 Å². The van der Waals surface area contributed by atoms with E-state index in [2.05, 4.69) is 6.92 Å². The second-order valence-electron chi connectivity index (χ2n) is 5.01. The summed E-state index contributed by atoms with van der Waals surface area (Å²) in [7, 11) is 0. The number of aliphatic carboxylic acids is 1. The van der Waals surface area contributed by atoms with Gasteiger partial charge < -0.3 is 14.6 Å². The first-order chi connectivity index (χ1) is 8.74. The summed E-state index contributed by atoms with van der Waals surface area (Å²) < 4.78 is 10.9.